The number of phenolic OH excluding ortho intramolecular Hbond substituents is 2. The molecule has 8 nitrogen and oxygen atoms in total. The van der Waals surface area contributed by atoms with Gasteiger partial charge in [-0.25, -0.2) is 9.59 Å². The number of phenols is 2. The van der Waals surface area contributed by atoms with Crippen LogP contribution in [0.4, 0.5) is 5.69 Å². The molecule has 0 saturated heterocycles. The average molecular weight is 309 g/mol. The molecule has 0 radical (unpaired) electrons. The number of hydrogen-bond donors (Lipinski definition) is 2. The second-order valence-corrected chi connectivity index (χ2v) is 4.39. The quantitative estimate of drug-likeness (QED) is 0.777. The third kappa shape index (κ3) is 2.82. The van der Waals surface area contributed by atoms with Crippen molar-refractivity contribution in [1.29, 1.82) is 0 Å². The number of methoxy groups -OCH3 is 2. The van der Waals surface area contributed by atoms with Crippen molar-refractivity contribution in [3.8, 4) is 11.5 Å². The lowest BCUT2D eigenvalue weighted by atomic mass is 10.1. The van der Waals surface area contributed by atoms with Crippen molar-refractivity contribution in [2.24, 2.45) is 0 Å². The van der Waals surface area contributed by atoms with Gasteiger partial charge in [0, 0.05) is 6.07 Å². The molecule has 1 heterocycles. The maximum absolute atomic E-state index is 12.0. The predicted molar refractivity (Wildman–Crippen MR) is 74.1 cm³/mol. The van der Waals surface area contributed by atoms with E-state index in [1.807, 2.05) is 0 Å². The van der Waals surface area contributed by atoms with Crippen molar-refractivity contribution < 1.29 is 34.0 Å². The number of benzene rings is 1. The lowest BCUT2D eigenvalue weighted by molar-refractivity contribution is -0.140. The number of aromatic hydroxyl groups is 2. The Hall–Kier alpha value is -2.74. The fourth-order valence-electron chi connectivity index (χ4n) is 2.07. The molecule has 22 heavy (non-hydrogen) atoms. The Bertz CT molecular complexity index is 638. The van der Waals surface area contributed by atoms with Gasteiger partial charge in [0.1, 0.15) is 23.9 Å². The topological polar surface area (TPSA) is 106 Å². The predicted octanol–water partition coefficient (Wildman–Crippen LogP) is 0.492. The van der Waals surface area contributed by atoms with E-state index in [2.05, 4.69) is 4.74 Å². The molecule has 8 heteroatoms. The lowest BCUT2D eigenvalue weighted by Gasteiger charge is -2.31. The number of hydrogen-bond acceptors (Lipinski definition) is 8. The largest absolute Gasteiger partial charge is 0.508 e. The standard InChI is InChI=1S/C14H15NO7/c1-20-13(18)9-6-22-7-15(12(9)14(19)21-2)10-4-3-8(16)5-11(10)17/h3-5,16-17H,6-7H2,1-2H3. The molecule has 118 valence electrons. The first kappa shape index (κ1) is 15.6. The highest BCUT2D eigenvalue weighted by Crippen LogP contribution is 2.35. The normalized spacial score (nSPS) is 14.7. The summed E-state index contributed by atoms with van der Waals surface area (Å²) in [6, 6.07) is 3.82. The van der Waals surface area contributed by atoms with E-state index < -0.39 is 11.9 Å². The van der Waals surface area contributed by atoms with Crippen molar-refractivity contribution >= 4 is 17.6 Å². The van der Waals surface area contributed by atoms with Gasteiger partial charge in [-0.15, -0.1) is 0 Å². The zero-order valence-electron chi connectivity index (χ0n) is 12.0. The van der Waals surface area contributed by atoms with Crippen LogP contribution in [0.1, 0.15) is 0 Å². The molecule has 0 unspecified atom stereocenters. The molecule has 2 rings (SSSR count). The van der Waals surface area contributed by atoms with Crippen LogP contribution in [0.25, 0.3) is 0 Å². The second kappa shape index (κ2) is 6.35. The van der Waals surface area contributed by atoms with Crippen molar-refractivity contribution in [1.82, 2.24) is 0 Å². The highest BCUT2D eigenvalue weighted by molar-refractivity contribution is 6.03. The fourth-order valence-corrected chi connectivity index (χ4v) is 2.07. The van der Waals surface area contributed by atoms with Crippen molar-refractivity contribution in [3.05, 3.63) is 29.5 Å². The molecule has 0 aliphatic carbocycles. The Labute approximate surface area is 126 Å². The molecule has 1 aliphatic rings. The summed E-state index contributed by atoms with van der Waals surface area (Å²) in [4.78, 5) is 25.1. The summed E-state index contributed by atoms with van der Waals surface area (Å²) < 4.78 is 14.6. The van der Waals surface area contributed by atoms with Crippen LogP contribution in [-0.4, -0.2) is 49.7 Å². The summed E-state index contributed by atoms with van der Waals surface area (Å²) in [5.41, 5.74) is 0.0777. The third-order valence-electron chi connectivity index (χ3n) is 3.08. The van der Waals surface area contributed by atoms with Gasteiger partial charge in [0.2, 0.25) is 0 Å². The van der Waals surface area contributed by atoms with E-state index in [0.717, 1.165) is 6.07 Å². The van der Waals surface area contributed by atoms with Gasteiger partial charge in [0.05, 0.1) is 32.1 Å². The molecule has 0 atom stereocenters. The summed E-state index contributed by atoms with van der Waals surface area (Å²) in [5, 5.41) is 19.3. The van der Waals surface area contributed by atoms with Gasteiger partial charge in [-0.1, -0.05) is 0 Å². The zero-order chi connectivity index (χ0) is 16.3. The minimum Gasteiger partial charge on any atom is -0.508 e. The van der Waals surface area contributed by atoms with Gasteiger partial charge in [-0.05, 0) is 12.1 Å². The van der Waals surface area contributed by atoms with Crippen LogP contribution < -0.4 is 4.90 Å². The average Bonchev–Trinajstić information content (AvgIpc) is 2.52. The molecule has 1 aliphatic heterocycles. The van der Waals surface area contributed by atoms with Gasteiger partial charge in [-0.2, -0.15) is 0 Å². The van der Waals surface area contributed by atoms with Crippen LogP contribution in [0.2, 0.25) is 0 Å². The summed E-state index contributed by atoms with van der Waals surface area (Å²) in [5.74, 6) is -1.92. The Morgan fingerprint density at radius 2 is 1.86 bits per heavy atom. The van der Waals surface area contributed by atoms with E-state index in [1.165, 1.54) is 31.3 Å². The smallest absolute Gasteiger partial charge is 0.355 e. The van der Waals surface area contributed by atoms with E-state index in [9.17, 15) is 19.8 Å². The Morgan fingerprint density at radius 1 is 1.18 bits per heavy atom. The van der Waals surface area contributed by atoms with Gasteiger partial charge in [0.15, 0.2) is 0 Å². The van der Waals surface area contributed by atoms with Gasteiger partial charge in [-0.3, -0.25) is 0 Å². The lowest BCUT2D eigenvalue weighted by Crippen LogP contribution is -2.38. The summed E-state index contributed by atoms with van der Waals surface area (Å²) in [6.07, 6.45) is 0. The van der Waals surface area contributed by atoms with E-state index in [4.69, 9.17) is 9.47 Å². The Balaban J connectivity index is 2.57. The van der Waals surface area contributed by atoms with Crippen molar-refractivity contribution in [3.63, 3.8) is 0 Å². The molecule has 1 aromatic carbocycles. The van der Waals surface area contributed by atoms with E-state index in [-0.39, 0.29) is 41.8 Å². The number of anilines is 1. The second-order valence-electron chi connectivity index (χ2n) is 4.39. The minimum absolute atomic E-state index is 0.0203. The highest BCUT2D eigenvalue weighted by atomic mass is 16.5. The molecular weight excluding hydrogens is 294 g/mol. The molecule has 0 saturated carbocycles. The molecule has 0 amide bonds. The first-order valence-electron chi connectivity index (χ1n) is 6.26. The summed E-state index contributed by atoms with van der Waals surface area (Å²) >= 11 is 0. The van der Waals surface area contributed by atoms with Crippen LogP contribution in [0.3, 0.4) is 0 Å². The molecule has 0 fully saturated rings. The number of carbonyl (C=O) groups is 2. The SMILES string of the molecule is COC(=O)C1=C(C(=O)OC)N(c2ccc(O)cc2O)COC1. The molecule has 0 bridgehead atoms. The number of nitrogens with zero attached hydrogens (tertiary/aromatic N) is 1. The van der Waals surface area contributed by atoms with Crippen LogP contribution in [0.15, 0.2) is 29.5 Å². The van der Waals surface area contributed by atoms with E-state index in [0.29, 0.717) is 0 Å². The molecular formula is C14H15NO7. The van der Waals surface area contributed by atoms with Gasteiger partial charge in [0.25, 0.3) is 0 Å². The molecule has 0 spiro atoms. The summed E-state index contributed by atoms with van der Waals surface area (Å²) in [7, 11) is 2.36. The fraction of sp³-hybridized carbons (Fsp3) is 0.286. The maximum atomic E-state index is 12.0. The first-order chi connectivity index (χ1) is 10.5. The summed E-state index contributed by atoms with van der Waals surface area (Å²) in [6.45, 7) is -0.199. The van der Waals surface area contributed by atoms with Crippen LogP contribution in [0, 0.1) is 0 Å². The van der Waals surface area contributed by atoms with Crippen molar-refractivity contribution in [2.45, 2.75) is 0 Å². The van der Waals surface area contributed by atoms with Crippen molar-refractivity contribution in [2.75, 3.05) is 32.5 Å². The van der Waals surface area contributed by atoms with Crippen LogP contribution in [0.5, 0.6) is 11.5 Å². The third-order valence-corrected chi connectivity index (χ3v) is 3.08. The number of carbonyl (C=O) groups excluding carboxylic acids is 2. The Morgan fingerprint density at radius 3 is 2.45 bits per heavy atom. The monoisotopic (exact) mass is 309 g/mol. The van der Waals surface area contributed by atoms with Crippen LogP contribution in [-0.2, 0) is 23.8 Å². The minimum atomic E-state index is -0.767. The molecule has 1 aromatic rings. The van der Waals surface area contributed by atoms with Crippen LogP contribution >= 0.6 is 0 Å². The Kier molecular flexibility index (Phi) is 4.52. The maximum Gasteiger partial charge on any atom is 0.355 e. The number of esters is 2. The number of rotatable bonds is 3. The molecule has 2 N–H and O–H groups in total. The van der Waals surface area contributed by atoms with Gasteiger partial charge >= 0.3 is 11.9 Å². The zero-order valence-corrected chi connectivity index (χ0v) is 12.0. The number of ether oxygens (including phenoxy) is 3. The van der Waals surface area contributed by atoms with E-state index in [1.54, 1.807) is 0 Å². The first-order valence-corrected chi connectivity index (χ1v) is 6.26. The van der Waals surface area contributed by atoms with E-state index >= 15 is 0 Å². The molecule has 0 aromatic heterocycles. The van der Waals surface area contributed by atoms with Gasteiger partial charge < -0.3 is 29.3 Å². The highest BCUT2D eigenvalue weighted by Gasteiger charge is 2.33.